The number of nitrogens with zero attached hydrogens (tertiary/aromatic N) is 1. The van der Waals surface area contributed by atoms with Crippen molar-refractivity contribution in [3.05, 3.63) is 65.7 Å². The van der Waals surface area contributed by atoms with E-state index in [1.165, 1.54) is 0 Å². The molecule has 0 radical (unpaired) electrons. The number of amides is 2. The highest BCUT2D eigenvalue weighted by molar-refractivity contribution is 6.17. The molecule has 1 fully saturated rings. The molecule has 1 saturated heterocycles. The Labute approximate surface area is 195 Å². The van der Waals surface area contributed by atoms with Crippen LogP contribution in [-0.4, -0.2) is 66.3 Å². The molecule has 5 rings (SSSR count). The van der Waals surface area contributed by atoms with Gasteiger partial charge in [0.2, 0.25) is 0 Å². The highest BCUT2D eigenvalue weighted by atomic mass is 16.5. The van der Waals surface area contributed by atoms with E-state index < -0.39 is 5.91 Å². The lowest BCUT2D eigenvalue weighted by atomic mass is 9.98. The van der Waals surface area contributed by atoms with Crippen molar-refractivity contribution < 1.29 is 24.2 Å². The van der Waals surface area contributed by atoms with Gasteiger partial charge >= 0.3 is 0 Å². The van der Waals surface area contributed by atoms with Crippen LogP contribution in [0.1, 0.15) is 20.7 Å². The van der Waals surface area contributed by atoms with Crippen LogP contribution in [0.25, 0.3) is 32.9 Å². The molecule has 3 aromatic carbocycles. The summed E-state index contributed by atoms with van der Waals surface area (Å²) in [6, 6.07) is 16.8. The molecule has 8 heteroatoms. The Morgan fingerprint density at radius 2 is 2.00 bits per heavy atom. The largest absolute Gasteiger partial charge is 0.497 e. The lowest BCUT2D eigenvalue weighted by molar-refractivity contribution is -0.0447. The molecule has 0 bridgehead atoms. The molecule has 1 aliphatic heterocycles. The molecular formula is C26H25N3O5. The molecule has 0 aliphatic carbocycles. The van der Waals surface area contributed by atoms with Crippen LogP contribution >= 0.6 is 0 Å². The minimum Gasteiger partial charge on any atom is -0.497 e. The third-order valence-electron chi connectivity index (χ3n) is 6.25. The second-order valence-electron chi connectivity index (χ2n) is 8.35. The summed E-state index contributed by atoms with van der Waals surface area (Å²) >= 11 is 0. The van der Waals surface area contributed by atoms with Crippen molar-refractivity contribution in [1.29, 1.82) is 0 Å². The number of hydrogen-bond donors (Lipinski definition) is 3. The number of aromatic nitrogens is 1. The maximum absolute atomic E-state index is 13.2. The fourth-order valence-electron chi connectivity index (χ4n) is 4.49. The highest BCUT2D eigenvalue weighted by Crippen LogP contribution is 2.34. The minimum atomic E-state index is -0.541. The number of rotatable bonds is 5. The van der Waals surface area contributed by atoms with E-state index in [1.807, 2.05) is 42.5 Å². The summed E-state index contributed by atoms with van der Waals surface area (Å²) in [7, 11) is 1.60. The van der Waals surface area contributed by atoms with E-state index in [1.54, 1.807) is 24.1 Å². The van der Waals surface area contributed by atoms with E-state index in [9.17, 15) is 14.7 Å². The molecule has 174 valence electrons. The smallest absolute Gasteiger partial charge is 0.254 e. The van der Waals surface area contributed by atoms with Crippen molar-refractivity contribution >= 4 is 33.6 Å². The Balaban J connectivity index is 1.63. The Kier molecular flexibility index (Phi) is 5.69. The van der Waals surface area contributed by atoms with E-state index in [0.29, 0.717) is 42.1 Å². The van der Waals surface area contributed by atoms with Gasteiger partial charge in [-0.1, -0.05) is 12.1 Å². The lowest BCUT2D eigenvalue weighted by Gasteiger charge is -2.32. The summed E-state index contributed by atoms with van der Waals surface area (Å²) in [6.07, 6.45) is -0.377. The van der Waals surface area contributed by atoms with Gasteiger partial charge in [-0.05, 0) is 53.6 Å². The number of nitrogens with two attached hydrogens (primary N) is 1. The number of primary amides is 1. The SMILES string of the molecule is COc1cccc(-c2cc(C(N)=O)c3[nH]c4ccc(C(=O)N5CCOC(CO)C5)cc4c3c2)c1. The molecule has 1 atom stereocenters. The van der Waals surface area contributed by atoms with Crippen LogP contribution in [0.2, 0.25) is 0 Å². The van der Waals surface area contributed by atoms with Crippen molar-refractivity contribution in [2.45, 2.75) is 6.10 Å². The first-order valence-electron chi connectivity index (χ1n) is 11.0. The first-order chi connectivity index (χ1) is 16.5. The predicted octanol–water partition coefficient (Wildman–Crippen LogP) is 2.93. The van der Waals surface area contributed by atoms with Gasteiger partial charge in [0.25, 0.3) is 11.8 Å². The fraction of sp³-hybridized carbons (Fsp3) is 0.231. The maximum atomic E-state index is 13.2. The monoisotopic (exact) mass is 459 g/mol. The average Bonchev–Trinajstić information content (AvgIpc) is 3.25. The Hall–Kier alpha value is -3.88. The van der Waals surface area contributed by atoms with Gasteiger partial charge in [-0.15, -0.1) is 0 Å². The third kappa shape index (κ3) is 3.87. The van der Waals surface area contributed by atoms with Gasteiger partial charge in [0.05, 0.1) is 37.5 Å². The molecule has 4 N–H and O–H groups in total. The summed E-state index contributed by atoms with van der Waals surface area (Å²) < 4.78 is 10.8. The zero-order chi connectivity index (χ0) is 23.8. The second kappa shape index (κ2) is 8.81. The number of aliphatic hydroxyl groups excluding tert-OH is 1. The van der Waals surface area contributed by atoms with E-state index in [2.05, 4.69) is 4.98 Å². The van der Waals surface area contributed by atoms with Gasteiger partial charge in [-0.3, -0.25) is 9.59 Å². The Bertz CT molecular complexity index is 1410. The number of morpholine rings is 1. The third-order valence-corrected chi connectivity index (χ3v) is 6.25. The van der Waals surface area contributed by atoms with Crippen LogP contribution in [-0.2, 0) is 4.74 Å². The Morgan fingerprint density at radius 1 is 1.15 bits per heavy atom. The first-order valence-corrected chi connectivity index (χ1v) is 11.0. The molecule has 4 aromatic rings. The standard InChI is InChI=1S/C26H25N3O5/c1-33-18-4-2-3-15(9-18)17-11-21-20-10-16(26(32)29-7-8-34-19(13-29)14-30)5-6-23(20)28-24(21)22(12-17)25(27)31/h2-6,9-12,19,28,30H,7-8,13-14H2,1H3,(H2,27,31). The maximum Gasteiger partial charge on any atom is 0.254 e. The fourth-order valence-corrected chi connectivity index (χ4v) is 4.49. The summed E-state index contributed by atoms with van der Waals surface area (Å²) in [5, 5.41) is 11.0. The number of fused-ring (bicyclic) bond motifs is 3. The van der Waals surface area contributed by atoms with Crippen molar-refractivity contribution in [3.8, 4) is 16.9 Å². The average molecular weight is 460 g/mol. The molecule has 8 nitrogen and oxygen atoms in total. The molecule has 34 heavy (non-hydrogen) atoms. The van der Waals surface area contributed by atoms with Crippen LogP contribution in [0.5, 0.6) is 5.75 Å². The quantitative estimate of drug-likeness (QED) is 0.424. The number of methoxy groups -OCH3 is 1. The number of ether oxygens (including phenoxy) is 2. The lowest BCUT2D eigenvalue weighted by Crippen LogP contribution is -2.46. The summed E-state index contributed by atoms with van der Waals surface area (Å²) in [4.78, 5) is 30.5. The Morgan fingerprint density at radius 3 is 2.76 bits per heavy atom. The summed E-state index contributed by atoms with van der Waals surface area (Å²) in [5.41, 5.74) is 9.76. The van der Waals surface area contributed by atoms with Gasteiger partial charge in [0.1, 0.15) is 5.75 Å². The highest BCUT2D eigenvalue weighted by Gasteiger charge is 2.25. The predicted molar refractivity (Wildman–Crippen MR) is 129 cm³/mol. The second-order valence-corrected chi connectivity index (χ2v) is 8.35. The van der Waals surface area contributed by atoms with E-state index in [4.69, 9.17) is 15.2 Å². The van der Waals surface area contributed by atoms with Crippen molar-refractivity contribution in [3.63, 3.8) is 0 Å². The number of hydrogen-bond acceptors (Lipinski definition) is 5. The van der Waals surface area contributed by atoms with E-state index >= 15 is 0 Å². The number of aliphatic hydroxyl groups is 1. The summed E-state index contributed by atoms with van der Waals surface area (Å²) in [6.45, 7) is 1.06. The van der Waals surface area contributed by atoms with Gasteiger partial charge in [0, 0.05) is 34.9 Å². The summed E-state index contributed by atoms with van der Waals surface area (Å²) in [5.74, 6) is 0.0368. The van der Waals surface area contributed by atoms with Gasteiger partial charge < -0.3 is 30.2 Å². The van der Waals surface area contributed by atoms with Crippen LogP contribution in [0, 0.1) is 0 Å². The number of carbonyl (C=O) groups is 2. The number of nitrogens with one attached hydrogen (secondary N) is 1. The van der Waals surface area contributed by atoms with Crippen LogP contribution in [0.3, 0.4) is 0 Å². The molecule has 1 unspecified atom stereocenters. The van der Waals surface area contributed by atoms with E-state index in [0.717, 1.165) is 27.4 Å². The number of aromatic amines is 1. The number of benzene rings is 3. The molecular weight excluding hydrogens is 434 g/mol. The van der Waals surface area contributed by atoms with Crippen molar-refractivity contribution in [2.75, 3.05) is 33.4 Å². The topological polar surface area (TPSA) is 118 Å². The number of H-pyrrole nitrogens is 1. The first kappa shape index (κ1) is 21.9. The normalized spacial score (nSPS) is 16.2. The molecule has 1 aliphatic rings. The molecule has 0 spiro atoms. The van der Waals surface area contributed by atoms with E-state index in [-0.39, 0.29) is 18.6 Å². The molecule has 0 saturated carbocycles. The zero-order valence-corrected chi connectivity index (χ0v) is 18.7. The molecule has 1 aromatic heterocycles. The zero-order valence-electron chi connectivity index (χ0n) is 18.7. The van der Waals surface area contributed by atoms with Crippen LogP contribution in [0.4, 0.5) is 0 Å². The van der Waals surface area contributed by atoms with Crippen LogP contribution < -0.4 is 10.5 Å². The van der Waals surface area contributed by atoms with Gasteiger partial charge in [-0.2, -0.15) is 0 Å². The van der Waals surface area contributed by atoms with Crippen molar-refractivity contribution in [2.24, 2.45) is 5.73 Å². The van der Waals surface area contributed by atoms with Crippen LogP contribution in [0.15, 0.2) is 54.6 Å². The molecule has 2 heterocycles. The minimum absolute atomic E-state index is 0.128. The number of carbonyl (C=O) groups excluding carboxylic acids is 2. The molecule has 2 amide bonds. The van der Waals surface area contributed by atoms with Gasteiger partial charge in [0.15, 0.2) is 0 Å². The van der Waals surface area contributed by atoms with Gasteiger partial charge in [-0.25, -0.2) is 0 Å². The van der Waals surface area contributed by atoms with Crippen molar-refractivity contribution in [1.82, 2.24) is 9.88 Å².